The molecular formula is C20H33FN4O2. The van der Waals surface area contributed by atoms with Crippen LogP contribution in [0.5, 0.6) is 0 Å². The molecular weight excluding hydrogens is 347 g/mol. The molecule has 6 nitrogen and oxygen atoms in total. The van der Waals surface area contributed by atoms with Gasteiger partial charge in [0.25, 0.3) is 5.91 Å². The molecule has 2 saturated heterocycles. The average molecular weight is 381 g/mol. The summed E-state index contributed by atoms with van der Waals surface area (Å²) in [6.45, 7) is 17.1. The fraction of sp³-hybridized carbons (Fsp3) is 0.700. The van der Waals surface area contributed by atoms with Crippen molar-refractivity contribution in [1.29, 1.82) is 0 Å². The third kappa shape index (κ3) is 5.87. The van der Waals surface area contributed by atoms with Gasteiger partial charge in [-0.05, 0) is 32.8 Å². The Morgan fingerprint density at radius 1 is 0.889 bits per heavy atom. The Kier molecular flexibility index (Phi) is 7.98. The average Bonchev–Trinajstić information content (AvgIpc) is 2.70. The lowest BCUT2D eigenvalue weighted by Gasteiger charge is -2.40. The van der Waals surface area contributed by atoms with Crippen molar-refractivity contribution < 1.29 is 14.0 Å². The molecule has 2 aliphatic heterocycles. The highest BCUT2D eigenvalue weighted by atomic mass is 19.1. The number of halogens is 1. The monoisotopic (exact) mass is 380 g/mol. The molecule has 0 N–H and O–H groups in total. The zero-order valence-corrected chi connectivity index (χ0v) is 16.7. The molecule has 152 valence electrons. The maximum absolute atomic E-state index is 13.0. The molecule has 2 atom stereocenters. The van der Waals surface area contributed by atoms with E-state index in [1.54, 1.807) is 0 Å². The van der Waals surface area contributed by atoms with E-state index in [0.717, 1.165) is 52.1 Å². The summed E-state index contributed by atoms with van der Waals surface area (Å²) >= 11 is 0. The summed E-state index contributed by atoms with van der Waals surface area (Å²) in [6.07, 6.45) is 3.56. The lowest BCUT2D eigenvalue weighted by atomic mass is 10.0. The topological polar surface area (TPSA) is 47.1 Å². The first-order valence-corrected chi connectivity index (χ1v) is 9.86. The van der Waals surface area contributed by atoms with Gasteiger partial charge in [-0.15, -0.1) is 0 Å². The van der Waals surface area contributed by atoms with Crippen LogP contribution in [0.25, 0.3) is 0 Å². The summed E-state index contributed by atoms with van der Waals surface area (Å²) in [5, 5.41) is 0. The molecule has 2 aliphatic rings. The molecule has 0 aromatic rings. The second-order valence-corrected chi connectivity index (χ2v) is 7.57. The summed E-state index contributed by atoms with van der Waals surface area (Å²) in [5.74, 6) is -1.44. The first kappa shape index (κ1) is 21.6. The smallest absolute Gasteiger partial charge is 0.282 e. The van der Waals surface area contributed by atoms with Gasteiger partial charge < -0.3 is 9.80 Å². The van der Waals surface area contributed by atoms with Crippen LogP contribution >= 0.6 is 0 Å². The number of carbonyl (C=O) groups excluding carboxylic acids is 2. The normalized spacial score (nSPS) is 21.6. The standard InChI is InChI=1S/C20H33FN4O2/c1-5-19(26)24-12-8-22(9-13-24)16(2)6-7-17(3)23-10-14-25(15-11-23)20(27)18(4)21/h5,16-17H,1,4,6-15H2,2-3H3. The second kappa shape index (κ2) is 9.99. The van der Waals surface area contributed by atoms with Gasteiger partial charge in [0.2, 0.25) is 5.91 Å². The van der Waals surface area contributed by atoms with Gasteiger partial charge in [-0.2, -0.15) is 0 Å². The Bertz CT molecular complexity index is 552. The summed E-state index contributed by atoms with van der Waals surface area (Å²) in [6, 6.07) is 0.910. The van der Waals surface area contributed by atoms with Gasteiger partial charge in [-0.1, -0.05) is 13.2 Å². The van der Waals surface area contributed by atoms with Crippen LogP contribution < -0.4 is 0 Å². The zero-order valence-electron chi connectivity index (χ0n) is 16.7. The molecule has 2 amide bonds. The van der Waals surface area contributed by atoms with Gasteiger partial charge in [0.15, 0.2) is 5.83 Å². The van der Waals surface area contributed by atoms with E-state index in [2.05, 4.69) is 36.8 Å². The predicted octanol–water partition coefficient (Wildman–Crippen LogP) is 1.50. The molecule has 0 saturated carbocycles. The quantitative estimate of drug-likeness (QED) is 0.628. The van der Waals surface area contributed by atoms with E-state index in [0.29, 0.717) is 25.2 Å². The Labute approximate surface area is 162 Å². The number of carbonyl (C=O) groups is 2. The van der Waals surface area contributed by atoms with Crippen molar-refractivity contribution in [3.63, 3.8) is 0 Å². The lowest BCUT2D eigenvalue weighted by Crippen LogP contribution is -2.52. The summed E-state index contributed by atoms with van der Waals surface area (Å²) in [5.41, 5.74) is 0. The highest BCUT2D eigenvalue weighted by Gasteiger charge is 2.27. The number of hydrogen-bond donors (Lipinski definition) is 0. The summed E-state index contributed by atoms with van der Waals surface area (Å²) in [4.78, 5) is 31.5. The maximum Gasteiger partial charge on any atom is 0.282 e. The molecule has 2 heterocycles. The maximum atomic E-state index is 13.0. The highest BCUT2D eigenvalue weighted by Crippen LogP contribution is 2.17. The third-order valence-electron chi connectivity index (χ3n) is 5.88. The van der Waals surface area contributed by atoms with E-state index in [1.807, 2.05) is 4.90 Å². The fourth-order valence-electron chi connectivity index (χ4n) is 3.90. The van der Waals surface area contributed by atoms with Gasteiger partial charge in [0.1, 0.15) is 0 Å². The predicted molar refractivity (Wildman–Crippen MR) is 105 cm³/mol. The number of amides is 2. The molecule has 0 bridgehead atoms. The van der Waals surface area contributed by atoms with Crippen LogP contribution in [-0.4, -0.2) is 95.9 Å². The van der Waals surface area contributed by atoms with Crippen LogP contribution in [-0.2, 0) is 9.59 Å². The summed E-state index contributed by atoms with van der Waals surface area (Å²) in [7, 11) is 0. The number of hydrogen-bond acceptors (Lipinski definition) is 4. The van der Waals surface area contributed by atoms with Gasteiger partial charge in [-0.3, -0.25) is 19.4 Å². The minimum atomic E-state index is -0.875. The lowest BCUT2D eigenvalue weighted by molar-refractivity contribution is -0.130. The van der Waals surface area contributed by atoms with Crippen molar-refractivity contribution in [3.05, 3.63) is 25.1 Å². The van der Waals surface area contributed by atoms with E-state index in [9.17, 15) is 14.0 Å². The summed E-state index contributed by atoms with van der Waals surface area (Å²) < 4.78 is 13.0. The van der Waals surface area contributed by atoms with Crippen molar-refractivity contribution >= 4 is 11.8 Å². The minimum absolute atomic E-state index is 0.0184. The van der Waals surface area contributed by atoms with Gasteiger partial charge >= 0.3 is 0 Å². The Hall–Kier alpha value is -1.73. The van der Waals surface area contributed by atoms with Crippen LogP contribution in [0.1, 0.15) is 26.7 Å². The molecule has 0 radical (unpaired) electrons. The molecule has 2 fully saturated rings. The molecule has 0 aromatic heterocycles. The SMILES string of the molecule is C=CC(=O)N1CCN(C(C)CCC(C)N2CCN(C(=O)C(=C)F)CC2)CC1. The zero-order chi connectivity index (χ0) is 20.0. The Balaban J connectivity index is 1.69. The van der Waals surface area contributed by atoms with Crippen molar-refractivity contribution in [3.8, 4) is 0 Å². The third-order valence-corrected chi connectivity index (χ3v) is 5.88. The van der Waals surface area contributed by atoms with E-state index < -0.39 is 11.7 Å². The van der Waals surface area contributed by atoms with E-state index >= 15 is 0 Å². The molecule has 0 aromatic carbocycles. The van der Waals surface area contributed by atoms with Crippen molar-refractivity contribution in [2.24, 2.45) is 0 Å². The number of nitrogens with zero attached hydrogens (tertiary/aromatic N) is 4. The van der Waals surface area contributed by atoms with E-state index in [1.165, 1.54) is 11.0 Å². The second-order valence-electron chi connectivity index (χ2n) is 7.57. The highest BCUT2D eigenvalue weighted by molar-refractivity contribution is 5.90. The Morgan fingerprint density at radius 3 is 1.67 bits per heavy atom. The first-order valence-electron chi connectivity index (χ1n) is 9.86. The van der Waals surface area contributed by atoms with Crippen LogP contribution in [0, 0.1) is 0 Å². The fourth-order valence-corrected chi connectivity index (χ4v) is 3.90. The van der Waals surface area contributed by atoms with Gasteiger partial charge in [0.05, 0.1) is 0 Å². The molecule has 2 unspecified atom stereocenters. The first-order chi connectivity index (χ1) is 12.8. The van der Waals surface area contributed by atoms with Crippen LogP contribution in [0.4, 0.5) is 4.39 Å². The van der Waals surface area contributed by atoms with E-state index in [4.69, 9.17) is 0 Å². The minimum Gasteiger partial charge on any atom is -0.337 e. The molecule has 27 heavy (non-hydrogen) atoms. The Morgan fingerprint density at radius 2 is 1.30 bits per heavy atom. The van der Waals surface area contributed by atoms with Crippen LogP contribution in [0.2, 0.25) is 0 Å². The molecule has 7 heteroatoms. The number of piperazine rings is 2. The van der Waals surface area contributed by atoms with Crippen molar-refractivity contribution in [1.82, 2.24) is 19.6 Å². The van der Waals surface area contributed by atoms with E-state index in [-0.39, 0.29) is 5.91 Å². The van der Waals surface area contributed by atoms with Crippen molar-refractivity contribution in [2.45, 2.75) is 38.8 Å². The van der Waals surface area contributed by atoms with Crippen LogP contribution in [0.15, 0.2) is 25.1 Å². The molecule has 0 spiro atoms. The number of rotatable bonds is 7. The van der Waals surface area contributed by atoms with Gasteiger partial charge in [-0.25, -0.2) is 4.39 Å². The van der Waals surface area contributed by atoms with Crippen LogP contribution in [0.3, 0.4) is 0 Å². The van der Waals surface area contributed by atoms with Crippen molar-refractivity contribution in [2.75, 3.05) is 52.4 Å². The molecule has 0 aliphatic carbocycles. The molecule has 2 rings (SSSR count). The van der Waals surface area contributed by atoms with Gasteiger partial charge in [0, 0.05) is 64.4 Å². The largest absolute Gasteiger partial charge is 0.337 e.